The molecule has 0 fully saturated rings. The molecule has 72 valence electrons. The van der Waals surface area contributed by atoms with Gasteiger partial charge in [-0.3, -0.25) is 0 Å². The number of benzene rings is 1. The minimum absolute atomic E-state index is 0.362. The van der Waals surface area contributed by atoms with Crippen molar-refractivity contribution in [2.75, 3.05) is 11.9 Å². The van der Waals surface area contributed by atoms with Crippen LogP contribution in [0.5, 0.6) is 0 Å². The molecule has 2 heteroatoms. The van der Waals surface area contributed by atoms with Gasteiger partial charge in [0.25, 0.3) is 0 Å². The number of fused-ring (bicyclic) bond motifs is 1. The lowest BCUT2D eigenvalue weighted by Gasteiger charge is -2.15. The van der Waals surface area contributed by atoms with Crippen LogP contribution >= 0.6 is 0 Å². The Morgan fingerprint density at radius 3 is 2.71 bits per heavy atom. The topological polar surface area (TPSA) is 23.5 Å². The number of allylic oxidation sites excluding steroid dienone is 2. The number of aliphatic hydroxyl groups is 1. The lowest BCUT2D eigenvalue weighted by Crippen LogP contribution is -2.08. The lowest BCUT2D eigenvalue weighted by atomic mass is 10.1. The molecule has 14 heavy (non-hydrogen) atoms. The third kappa shape index (κ3) is 1.29. The quantitative estimate of drug-likeness (QED) is 0.675. The number of hydrogen-bond acceptors (Lipinski definition) is 2. The monoisotopic (exact) mass is 187 g/mol. The predicted molar refractivity (Wildman–Crippen MR) is 59.2 cm³/mol. The summed E-state index contributed by atoms with van der Waals surface area (Å²) in [6, 6.07) is 7.82. The molecule has 1 aliphatic rings. The molecule has 2 nitrogen and oxygen atoms in total. The Kier molecular flexibility index (Phi) is 2.04. The number of anilines is 1. The van der Waals surface area contributed by atoms with Crippen LogP contribution in [0.1, 0.15) is 12.5 Å². The fraction of sp³-hybridized carbons (Fsp3) is 0.167. The summed E-state index contributed by atoms with van der Waals surface area (Å²) in [5.74, 6) is 0.362. The van der Waals surface area contributed by atoms with Gasteiger partial charge in [0.2, 0.25) is 0 Å². The summed E-state index contributed by atoms with van der Waals surface area (Å²) in [7, 11) is 1.97. The van der Waals surface area contributed by atoms with Crippen LogP contribution in [0.15, 0.2) is 42.1 Å². The second-order valence-corrected chi connectivity index (χ2v) is 3.48. The minimum Gasteiger partial charge on any atom is -0.507 e. The van der Waals surface area contributed by atoms with Crippen molar-refractivity contribution in [2.24, 2.45) is 0 Å². The van der Waals surface area contributed by atoms with Crippen molar-refractivity contribution in [3.05, 3.63) is 47.7 Å². The molecular weight excluding hydrogens is 174 g/mol. The molecule has 0 atom stereocenters. The maximum atomic E-state index is 9.93. The van der Waals surface area contributed by atoms with Gasteiger partial charge in [0, 0.05) is 18.8 Å². The summed E-state index contributed by atoms with van der Waals surface area (Å²) in [6.07, 6.45) is 3.87. The van der Waals surface area contributed by atoms with Crippen molar-refractivity contribution in [1.82, 2.24) is 0 Å². The first kappa shape index (κ1) is 8.88. The van der Waals surface area contributed by atoms with E-state index in [1.54, 1.807) is 0 Å². The highest BCUT2D eigenvalue weighted by molar-refractivity contribution is 5.77. The Morgan fingerprint density at radius 2 is 1.93 bits per heavy atom. The molecule has 2 rings (SSSR count). The average Bonchev–Trinajstić information content (AvgIpc) is 2.33. The average molecular weight is 187 g/mol. The van der Waals surface area contributed by atoms with E-state index in [0.717, 1.165) is 16.8 Å². The summed E-state index contributed by atoms with van der Waals surface area (Å²) < 4.78 is 0. The van der Waals surface area contributed by atoms with Gasteiger partial charge in [0.1, 0.15) is 5.76 Å². The second-order valence-electron chi connectivity index (χ2n) is 3.48. The number of para-hydroxylation sites is 1. The molecule has 1 aliphatic heterocycles. The van der Waals surface area contributed by atoms with Crippen LogP contribution in [0.2, 0.25) is 0 Å². The van der Waals surface area contributed by atoms with Gasteiger partial charge in [-0.25, -0.2) is 0 Å². The van der Waals surface area contributed by atoms with Crippen LogP contribution in [-0.4, -0.2) is 12.2 Å². The Balaban J connectivity index is 2.68. The molecule has 0 bridgehead atoms. The summed E-state index contributed by atoms with van der Waals surface area (Å²) in [6.45, 7) is 1.90. The smallest absolute Gasteiger partial charge is 0.127 e. The lowest BCUT2D eigenvalue weighted by molar-refractivity contribution is 0.508. The third-order valence-corrected chi connectivity index (χ3v) is 2.46. The summed E-state index contributed by atoms with van der Waals surface area (Å²) in [5, 5.41) is 9.93. The van der Waals surface area contributed by atoms with Gasteiger partial charge in [-0.15, -0.1) is 0 Å². The molecule has 1 aromatic rings. The second kappa shape index (κ2) is 3.22. The van der Waals surface area contributed by atoms with Crippen molar-refractivity contribution in [3.8, 4) is 0 Å². The van der Waals surface area contributed by atoms with Gasteiger partial charge in [-0.2, -0.15) is 0 Å². The molecule has 0 unspecified atom stereocenters. The Hall–Kier alpha value is -1.70. The zero-order valence-electron chi connectivity index (χ0n) is 8.36. The molecule has 0 saturated heterocycles. The maximum Gasteiger partial charge on any atom is 0.127 e. The van der Waals surface area contributed by atoms with E-state index in [1.165, 1.54) is 0 Å². The largest absolute Gasteiger partial charge is 0.507 e. The van der Waals surface area contributed by atoms with E-state index in [1.807, 2.05) is 55.4 Å². The zero-order valence-corrected chi connectivity index (χ0v) is 8.36. The van der Waals surface area contributed by atoms with Crippen molar-refractivity contribution in [1.29, 1.82) is 0 Å². The van der Waals surface area contributed by atoms with Crippen LogP contribution in [0.3, 0.4) is 0 Å². The van der Waals surface area contributed by atoms with Crippen LogP contribution in [0, 0.1) is 0 Å². The molecule has 0 aromatic heterocycles. The molecule has 0 saturated carbocycles. The third-order valence-electron chi connectivity index (χ3n) is 2.46. The first-order valence-electron chi connectivity index (χ1n) is 4.60. The van der Waals surface area contributed by atoms with E-state index >= 15 is 0 Å². The van der Waals surface area contributed by atoms with Crippen LogP contribution < -0.4 is 4.90 Å². The van der Waals surface area contributed by atoms with Gasteiger partial charge < -0.3 is 10.0 Å². The first-order chi connectivity index (χ1) is 6.70. The van der Waals surface area contributed by atoms with E-state index in [9.17, 15) is 5.11 Å². The van der Waals surface area contributed by atoms with Crippen molar-refractivity contribution >= 4 is 11.4 Å². The minimum atomic E-state index is 0.362. The zero-order chi connectivity index (χ0) is 10.1. The first-order valence-corrected chi connectivity index (χ1v) is 4.60. The Morgan fingerprint density at radius 1 is 1.21 bits per heavy atom. The summed E-state index contributed by atoms with van der Waals surface area (Å²) >= 11 is 0. The van der Waals surface area contributed by atoms with E-state index in [0.29, 0.717) is 5.76 Å². The fourth-order valence-electron chi connectivity index (χ4n) is 1.58. The van der Waals surface area contributed by atoms with Gasteiger partial charge in [0.05, 0.1) is 5.69 Å². The predicted octanol–water partition coefficient (Wildman–Crippen LogP) is 2.94. The standard InChI is InChI=1S/C12H13NO/c1-9-7-8-13(2)11-6-4-3-5-10(11)12(9)14/h3-8,14H,1-2H3. The van der Waals surface area contributed by atoms with E-state index < -0.39 is 0 Å². The summed E-state index contributed by atoms with van der Waals surface area (Å²) in [4.78, 5) is 2.00. The van der Waals surface area contributed by atoms with Crippen molar-refractivity contribution in [3.63, 3.8) is 0 Å². The number of rotatable bonds is 0. The van der Waals surface area contributed by atoms with Crippen LogP contribution in [0.4, 0.5) is 5.69 Å². The number of hydrogen-bond donors (Lipinski definition) is 1. The highest BCUT2D eigenvalue weighted by Crippen LogP contribution is 2.29. The molecular formula is C12H13NO. The molecule has 0 aliphatic carbocycles. The highest BCUT2D eigenvalue weighted by atomic mass is 16.3. The number of nitrogens with zero attached hydrogens (tertiary/aromatic N) is 1. The van der Waals surface area contributed by atoms with E-state index in [4.69, 9.17) is 0 Å². The number of aliphatic hydroxyl groups excluding tert-OH is 1. The van der Waals surface area contributed by atoms with E-state index in [2.05, 4.69) is 0 Å². The normalized spacial score (nSPS) is 15.4. The highest BCUT2D eigenvalue weighted by Gasteiger charge is 2.12. The molecule has 1 heterocycles. The van der Waals surface area contributed by atoms with E-state index in [-0.39, 0.29) is 0 Å². The molecule has 0 amide bonds. The Labute approximate surface area is 83.8 Å². The maximum absolute atomic E-state index is 9.93. The van der Waals surface area contributed by atoms with Crippen molar-refractivity contribution in [2.45, 2.75) is 6.92 Å². The van der Waals surface area contributed by atoms with Crippen LogP contribution in [-0.2, 0) is 0 Å². The molecule has 1 aromatic carbocycles. The molecule has 1 N–H and O–H groups in total. The Bertz CT molecular complexity index is 418. The van der Waals surface area contributed by atoms with Gasteiger partial charge in [0.15, 0.2) is 0 Å². The fourth-order valence-corrected chi connectivity index (χ4v) is 1.58. The van der Waals surface area contributed by atoms with Crippen molar-refractivity contribution < 1.29 is 5.11 Å². The molecule has 0 radical (unpaired) electrons. The van der Waals surface area contributed by atoms with Gasteiger partial charge in [-0.1, -0.05) is 12.1 Å². The molecule has 0 spiro atoms. The summed E-state index contributed by atoms with van der Waals surface area (Å²) in [5.41, 5.74) is 2.80. The van der Waals surface area contributed by atoms with Crippen LogP contribution in [0.25, 0.3) is 5.76 Å². The van der Waals surface area contributed by atoms with Gasteiger partial charge >= 0.3 is 0 Å². The van der Waals surface area contributed by atoms with Gasteiger partial charge in [-0.05, 0) is 30.7 Å². The SMILES string of the molecule is CC1=C(O)c2ccccc2N(C)C=C1.